The van der Waals surface area contributed by atoms with E-state index in [0.717, 1.165) is 32.5 Å². The van der Waals surface area contributed by atoms with Crippen LogP contribution in [-0.4, -0.2) is 23.4 Å². The van der Waals surface area contributed by atoms with E-state index in [1.165, 1.54) is 15.6 Å². The Balaban J connectivity index is 1.76. The summed E-state index contributed by atoms with van der Waals surface area (Å²) in [5, 5.41) is 4.12. The average molecular weight is 266 g/mol. The van der Waals surface area contributed by atoms with Crippen LogP contribution in [0.25, 0.3) is 10.1 Å². The Morgan fingerprint density at radius 1 is 1.24 bits per heavy atom. The first-order chi connectivity index (χ1) is 8.33. The summed E-state index contributed by atoms with van der Waals surface area (Å²) < 4.78 is 1.40. The number of hydrogen-bond acceptors (Lipinski definition) is 2. The Kier molecular flexibility index (Phi) is 3.37. The molecule has 0 saturated carbocycles. The van der Waals surface area contributed by atoms with Gasteiger partial charge in [-0.3, -0.25) is 4.90 Å². The van der Waals surface area contributed by atoms with Gasteiger partial charge in [0.15, 0.2) is 0 Å². The Labute approximate surface area is 111 Å². The van der Waals surface area contributed by atoms with Gasteiger partial charge >= 0.3 is 0 Å². The van der Waals surface area contributed by atoms with Crippen LogP contribution in [0.4, 0.5) is 0 Å². The Hall–Kier alpha value is -0.570. The first kappa shape index (κ1) is 11.5. The van der Waals surface area contributed by atoms with Crippen molar-refractivity contribution in [2.24, 2.45) is 0 Å². The minimum absolute atomic E-state index is 0.394. The molecule has 0 bridgehead atoms. The molecule has 17 heavy (non-hydrogen) atoms. The van der Waals surface area contributed by atoms with Crippen LogP contribution in [0.2, 0.25) is 0 Å². The van der Waals surface area contributed by atoms with E-state index in [-0.39, 0.29) is 0 Å². The van der Waals surface area contributed by atoms with Crippen molar-refractivity contribution in [3.8, 4) is 0 Å². The van der Waals surface area contributed by atoms with Crippen molar-refractivity contribution >= 4 is 33.0 Å². The predicted molar refractivity (Wildman–Crippen MR) is 76.0 cm³/mol. The smallest absolute Gasteiger partial charge is 0.0360 e. The summed E-state index contributed by atoms with van der Waals surface area (Å²) in [6, 6.07) is 8.68. The number of piperidine rings is 1. The first-order valence-electron chi connectivity index (χ1n) is 6.14. The van der Waals surface area contributed by atoms with E-state index in [2.05, 4.69) is 34.5 Å². The highest BCUT2D eigenvalue weighted by Crippen LogP contribution is 2.27. The molecule has 1 aromatic carbocycles. The Bertz CT molecular complexity index is 500. The van der Waals surface area contributed by atoms with Gasteiger partial charge in [0.1, 0.15) is 0 Å². The summed E-state index contributed by atoms with van der Waals surface area (Å²) in [7, 11) is 0. The maximum absolute atomic E-state index is 6.13. The zero-order chi connectivity index (χ0) is 11.7. The van der Waals surface area contributed by atoms with Crippen molar-refractivity contribution in [1.29, 1.82) is 0 Å². The van der Waals surface area contributed by atoms with Crippen LogP contribution in [0.5, 0.6) is 0 Å². The maximum Gasteiger partial charge on any atom is 0.0360 e. The van der Waals surface area contributed by atoms with Crippen LogP contribution in [-0.2, 0) is 6.54 Å². The van der Waals surface area contributed by atoms with Gasteiger partial charge in [-0.05, 0) is 48.3 Å². The van der Waals surface area contributed by atoms with Crippen LogP contribution < -0.4 is 0 Å². The zero-order valence-corrected chi connectivity index (χ0v) is 11.3. The van der Waals surface area contributed by atoms with Gasteiger partial charge in [-0.15, -0.1) is 22.9 Å². The summed E-state index contributed by atoms with van der Waals surface area (Å²) in [5.74, 6) is 0. The highest BCUT2D eigenvalue weighted by atomic mass is 35.5. The molecule has 1 aromatic heterocycles. The molecule has 1 saturated heterocycles. The van der Waals surface area contributed by atoms with Gasteiger partial charge in [-0.1, -0.05) is 18.2 Å². The second kappa shape index (κ2) is 4.97. The third-order valence-electron chi connectivity index (χ3n) is 3.47. The van der Waals surface area contributed by atoms with Gasteiger partial charge in [0.2, 0.25) is 0 Å². The number of rotatable bonds is 2. The Morgan fingerprint density at radius 2 is 2.00 bits per heavy atom. The standard InChI is InChI=1S/C14H16ClNS/c15-12-5-7-16(8-6-12)9-11-10-17-14-4-2-1-3-13(11)14/h1-4,10,12H,5-9H2. The topological polar surface area (TPSA) is 3.24 Å². The number of benzene rings is 1. The van der Waals surface area contributed by atoms with E-state index in [1.807, 2.05) is 11.3 Å². The van der Waals surface area contributed by atoms with Crippen molar-refractivity contribution in [3.63, 3.8) is 0 Å². The lowest BCUT2D eigenvalue weighted by Gasteiger charge is -2.28. The van der Waals surface area contributed by atoms with Crippen LogP contribution in [0.1, 0.15) is 18.4 Å². The number of alkyl halides is 1. The number of likely N-dealkylation sites (tertiary alicyclic amines) is 1. The third kappa shape index (κ3) is 2.49. The second-order valence-electron chi connectivity index (χ2n) is 4.71. The van der Waals surface area contributed by atoms with Crippen LogP contribution >= 0.6 is 22.9 Å². The van der Waals surface area contributed by atoms with Gasteiger partial charge < -0.3 is 0 Å². The summed E-state index contributed by atoms with van der Waals surface area (Å²) in [6.07, 6.45) is 2.26. The van der Waals surface area contributed by atoms with Gasteiger partial charge in [0, 0.05) is 16.6 Å². The quantitative estimate of drug-likeness (QED) is 0.739. The fourth-order valence-corrected chi connectivity index (χ4v) is 3.60. The van der Waals surface area contributed by atoms with Gasteiger partial charge in [0.25, 0.3) is 0 Å². The van der Waals surface area contributed by atoms with Gasteiger partial charge in [-0.2, -0.15) is 0 Å². The zero-order valence-electron chi connectivity index (χ0n) is 9.73. The van der Waals surface area contributed by atoms with Crippen molar-refractivity contribution in [2.45, 2.75) is 24.8 Å². The molecule has 2 heterocycles. The monoisotopic (exact) mass is 265 g/mol. The summed E-state index contributed by atoms with van der Waals surface area (Å²) in [4.78, 5) is 2.52. The average Bonchev–Trinajstić information content (AvgIpc) is 2.76. The first-order valence-corrected chi connectivity index (χ1v) is 7.46. The van der Waals surface area contributed by atoms with E-state index in [0.29, 0.717) is 5.38 Å². The van der Waals surface area contributed by atoms with Crippen molar-refractivity contribution in [3.05, 3.63) is 35.2 Å². The second-order valence-corrected chi connectivity index (χ2v) is 6.24. The molecule has 0 N–H and O–H groups in total. The lowest BCUT2D eigenvalue weighted by molar-refractivity contribution is 0.224. The van der Waals surface area contributed by atoms with E-state index in [4.69, 9.17) is 11.6 Å². The molecule has 1 nitrogen and oxygen atoms in total. The van der Waals surface area contributed by atoms with E-state index in [1.54, 1.807) is 0 Å². The normalized spacial score (nSPS) is 18.9. The van der Waals surface area contributed by atoms with Crippen molar-refractivity contribution in [2.75, 3.05) is 13.1 Å². The van der Waals surface area contributed by atoms with Crippen LogP contribution in [0.15, 0.2) is 29.6 Å². The fourth-order valence-electron chi connectivity index (χ4n) is 2.46. The van der Waals surface area contributed by atoms with E-state index in [9.17, 15) is 0 Å². The van der Waals surface area contributed by atoms with Crippen molar-refractivity contribution < 1.29 is 0 Å². The molecule has 90 valence electrons. The highest BCUT2D eigenvalue weighted by molar-refractivity contribution is 7.17. The molecule has 3 heteroatoms. The molecule has 1 aliphatic heterocycles. The van der Waals surface area contributed by atoms with Crippen LogP contribution in [0.3, 0.4) is 0 Å². The molecule has 2 aromatic rings. The van der Waals surface area contributed by atoms with E-state index < -0.39 is 0 Å². The molecule has 0 amide bonds. The van der Waals surface area contributed by atoms with Crippen LogP contribution in [0, 0.1) is 0 Å². The fraction of sp³-hybridized carbons (Fsp3) is 0.429. The molecule has 0 radical (unpaired) electrons. The molecule has 3 rings (SSSR count). The molecular weight excluding hydrogens is 250 g/mol. The minimum atomic E-state index is 0.394. The molecule has 0 spiro atoms. The summed E-state index contributed by atoms with van der Waals surface area (Å²) in [6.45, 7) is 3.35. The number of halogens is 1. The Morgan fingerprint density at radius 3 is 2.82 bits per heavy atom. The molecule has 0 atom stereocenters. The molecule has 0 unspecified atom stereocenters. The highest BCUT2D eigenvalue weighted by Gasteiger charge is 2.17. The lowest BCUT2D eigenvalue weighted by atomic mass is 10.1. The number of hydrogen-bond donors (Lipinski definition) is 0. The van der Waals surface area contributed by atoms with E-state index >= 15 is 0 Å². The maximum atomic E-state index is 6.13. The molecule has 1 aliphatic rings. The minimum Gasteiger partial charge on any atom is -0.299 e. The number of nitrogens with zero attached hydrogens (tertiary/aromatic N) is 1. The van der Waals surface area contributed by atoms with Gasteiger partial charge in [-0.25, -0.2) is 0 Å². The summed E-state index contributed by atoms with van der Waals surface area (Å²) in [5.41, 5.74) is 1.47. The molecule has 1 fully saturated rings. The predicted octanol–water partition coefficient (Wildman–Crippen LogP) is 4.10. The third-order valence-corrected chi connectivity index (χ3v) is 4.92. The lowest BCUT2D eigenvalue weighted by Crippen LogP contribution is -2.33. The SMILES string of the molecule is ClC1CCN(Cc2csc3ccccc23)CC1. The largest absolute Gasteiger partial charge is 0.299 e. The number of thiophene rings is 1. The molecular formula is C14H16ClNS. The van der Waals surface area contributed by atoms with Gasteiger partial charge in [0.05, 0.1) is 0 Å². The summed E-state index contributed by atoms with van der Waals surface area (Å²) >= 11 is 7.98. The van der Waals surface area contributed by atoms with Crippen molar-refractivity contribution in [1.82, 2.24) is 4.90 Å². The molecule has 0 aliphatic carbocycles. The number of fused-ring (bicyclic) bond motifs is 1.